The van der Waals surface area contributed by atoms with Crippen LogP contribution in [0.25, 0.3) is 10.9 Å². The smallest absolute Gasteiger partial charge is 0.226 e. The summed E-state index contributed by atoms with van der Waals surface area (Å²) in [4.78, 5) is 15.0. The summed E-state index contributed by atoms with van der Waals surface area (Å²) < 4.78 is 14.1. The second-order valence-corrected chi connectivity index (χ2v) is 8.27. The van der Waals surface area contributed by atoms with Crippen molar-refractivity contribution in [1.82, 2.24) is 15.0 Å². The van der Waals surface area contributed by atoms with E-state index in [0.29, 0.717) is 23.6 Å². The number of anilines is 1. The first-order chi connectivity index (χ1) is 14.9. The van der Waals surface area contributed by atoms with E-state index in [1.54, 1.807) is 6.07 Å². The van der Waals surface area contributed by atoms with E-state index in [0.717, 1.165) is 40.0 Å². The molecular formula is C24H19ClFN5. The monoisotopic (exact) mass is 431 g/mol. The first-order valence-corrected chi connectivity index (χ1v) is 10.4. The molecule has 1 N–H and O–H groups in total. The zero-order valence-electron chi connectivity index (χ0n) is 17.1. The number of aromatic amines is 1. The summed E-state index contributed by atoms with van der Waals surface area (Å²) >= 11 is 6.08. The maximum Gasteiger partial charge on any atom is 0.226 e. The van der Waals surface area contributed by atoms with Crippen molar-refractivity contribution >= 4 is 28.5 Å². The molecule has 1 aliphatic heterocycles. The largest absolute Gasteiger partial charge is 0.356 e. The van der Waals surface area contributed by atoms with Crippen molar-refractivity contribution < 1.29 is 4.39 Å². The first-order valence-electron chi connectivity index (χ1n) is 10.0. The van der Waals surface area contributed by atoms with Crippen molar-refractivity contribution in [3.63, 3.8) is 0 Å². The Kier molecular flexibility index (Phi) is 4.64. The lowest BCUT2D eigenvalue weighted by Crippen LogP contribution is -2.37. The Morgan fingerprint density at radius 2 is 1.84 bits per heavy atom. The molecule has 1 aliphatic rings. The Morgan fingerprint density at radius 1 is 1.13 bits per heavy atom. The molecule has 0 bridgehead atoms. The molecule has 0 fully saturated rings. The highest BCUT2D eigenvalue weighted by molar-refractivity contribution is 6.31. The third-order valence-electron chi connectivity index (χ3n) is 5.75. The average molecular weight is 432 g/mol. The van der Waals surface area contributed by atoms with E-state index in [1.165, 1.54) is 6.07 Å². The highest BCUT2D eigenvalue weighted by Crippen LogP contribution is 2.40. The highest BCUT2D eigenvalue weighted by Gasteiger charge is 2.33. The number of rotatable bonds is 2. The summed E-state index contributed by atoms with van der Waals surface area (Å²) in [5.74, 6) is 0.206. The van der Waals surface area contributed by atoms with Gasteiger partial charge >= 0.3 is 0 Å². The molecule has 1 unspecified atom stereocenters. The normalized spacial score (nSPS) is 15.7. The van der Waals surface area contributed by atoms with Crippen molar-refractivity contribution in [3.8, 4) is 6.07 Å². The summed E-state index contributed by atoms with van der Waals surface area (Å²) in [5, 5.41) is 10.2. The van der Waals surface area contributed by atoms with Gasteiger partial charge in [0.25, 0.3) is 0 Å². The molecule has 31 heavy (non-hydrogen) atoms. The maximum absolute atomic E-state index is 14.1. The molecule has 4 aromatic rings. The van der Waals surface area contributed by atoms with Gasteiger partial charge < -0.3 is 9.88 Å². The van der Waals surface area contributed by atoms with Crippen LogP contribution in [0.2, 0.25) is 5.02 Å². The lowest BCUT2D eigenvalue weighted by molar-refractivity contribution is 0.624. The molecule has 0 saturated heterocycles. The number of nitriles is 1. The summed E-state index contributed by atoms with van der Waals surface area (Å²) in [6.45, 7) is 4.61. The molecule has 7 heteroatoms. The minimum Gasteiger partial charge on any atom is -0.356 e. The summed E-state index contributed by atoms with van der Waals surface area (Å²) in [7, 11) is 0. The third kappa shape index (κ3) is 3.31. The van der Waals surface area contributed by atoms with E-state index in [4.69, 9.17) is 11.6 Å². The number of hydrogen-bond acceptors (Lipinski definition) is 4. The predicted octanol–water partition coefficient (Wildman–Crippen LogP) is 5.39. The van der Waals surface area contributed by atoms with Crippen LogP contribution in [0.15, 0.2) is 42.5 Å². The standard InChI is InChI=1S/C24H19ClFN5/c1-13-9-14(2)29-24(28-13)31-8-7-17-18-10-19(25)20(26)11-21(18)30-22(17)23(31)16-5-3-15(12-27)4-6-16/h3-6,9-11,23,30H,7-8H2,1-2H3. The van der Waals surface area contributed by atoms with E-state index in [1.807, 2.05) is 44.2 Å². The second kappa shape index (κ2) is 7.36. The van der Waals surface area contributed by atoms with Crippen molar-refractivity contribution in [1.29, 1.82) is 5.26 Å². The molecule has 154 valence electrons. The molecule has 0 spiro atoms. The molecule has 2 aromatic carbocycles. The Balaban J connectivity index is 1.73. The minimum atomic E-state index is -0.447. The second-order valence-electron chi connectivity index (χ2n) is 7.86. The summed E-state index contributed by atoms with van der Waals surface area (Å²) in [6.07, 6.45) is 0.750. The molecule has 2 aromatic heterocycles. The van der Waals surface area contributed by atoms with Crippen molar-refractivity contribution in [2.75, 3.05) is 11.4 Å². The molecule has 0 aliphatic carbocycles. The van der Waals surface area contributed by atoms with Crippen LogP contribution in [-0.4, -0.2) is 21.5 Å². The van der Waals surface area contributed by atoms with Crippen molar-refractivity contribution in [3.05, 3.63) is 87.1 Å². The number of nitrogens with one attached hydrogen (secondary N) is 1. The van der Waals surface area contributed by atoms with E-state index >= 15 is 0 Å². The van der Waals surface area contributed by atoms with Crippen LogP contribution in [0.5, 0.6) is 0 Å². The number of H-pyrrole nitrogens is 1. The van der Waals surface area contributed by atoms with Gasteiger partial charge in [-0.2, -0.15) is 5.26 Å². The highest BCUT2D eigenvalue weighted by atomic mass is 35.5. The van der Waals surface area contributed by atoms with Gasteiger partial charge in [-0.3, -0.25) is 0 Å². The van der Waals surface area contributed by atoms with Gasteiger partial charge in [0.15, 0.2) is 0 Å². The van der Waals surface area contributed by atoms with Gasteiger partial charge in [0.2, 0.25) is 5.95 Å². The van der Waals surface area contributed by atoms with Gasteiger partial charge in [0.1, 0.15) is 5.82 Å². The van der Waals surface area contributed by atoms with Crippen LogP contribution < -0.4 is 4.90 Å². The predicted molar refractivity (Wildman–Crippen MR) is 119 cm³/mol. The molecule has 1 atom stereocenters. The number of aryl methyl sites for hydroxylation is 2. The molecule has 0 saturated carbocycles. The molecule has 0 radical (unpaired) electrons. The molecule has 5 nitrogen and oxygen atoms in total. The van der Waals surface area contributed by atoms with Gasteiger partial charge in [0.05, 0.1) is 22.7 Å². The van der Waals surface area contributed by atoms with Gasteiger partial charge in [-0.15, -0.1) is 0 Å². The van der Waals surface area contributed by atoms with Gasteiger partial charge in [-0.1, -0.05) is 23.7 Å². The lowest BCUT2D eigenvalue weighted by Gasteiger charge is -2.36. The molecular weight excluding hydrogens is 413 g/mol. The van der Waals surface area contributed by atoms with Crippen LogP contribution in [0, 0.1) is 31.0 Å². The fourth-order valence-corrected chi connectivity index (χ4v) is 4.59. The quantitative estimate of drug-likeness (QED) is 0.462. The molecule has 0 amide bonds. The number of benzene rings is 2. The molecule has 3 heterocycles. The lowest BCUT2D eigenvalue weighted by atomic mass is 9.92. The Hall–Kier alpha value is -3.43. The zero-order valence-corrected chi connectivity index (χ0v) is 17.8. The van der Waals surface area contributed by atoms with Crippen LogP contribution in [0.3, 0.4) is 0 Å². The third-order valence-corrected chi connectivity index (χ3v) is 6.04. The SMILES string of the molecule is Cc1cc(C)nc(N2CCc3c([nH]c4cc(F)c(Cl)cc34)C2c2ccc(C#N)cc2)n1. The van der Waals surface area contributed by atoms with Crippen LogP contribution >= 0.6 is 11.6 Å². The van der Waals surface area contributed by atoms with E-state index in [9.17, 15) is 9.65 Å². The van der Waals surface area contributed by atoms with Crippen LogP contribution in [0.1, 0.15) is 39.8 Å². The maximum atomic E-state index is 14.1. The number of hydrogen-bond donors (Lipinski definition) is 1. The summed E-state index contributed by atoms with van der Waals surface area (Å²) in [5.41, 5.74) is 6.20. The van der Waals surface area contributed by atoms with E-state index in [2.05, 4.69) is 25.9 Å². The number of aromatic nitrogens is 3. The Bertz CT molecular complexity index is 1330. The van der Waals surface area contributed by atoms with Gasteiger partial charge in [0, 0.05) is 34.5 Å². The minimum absolute atomic E-state index is 0.115. The van der Waals surface area contributed by atoms with Gasteiger partial charge in [-0.25, -0.2) is 14.4 Å². The zero-order chi connectivity index (χ0) is 21.7. The van der Waals surface area contributed by atoms with E-state index < -0.39 is 5.82 Å². The number of halogens is 2. The molecule has 5 rings (SSSR count). The number of nitrogens with zero attached hydrogens (tertiary/aromatic N) is 4. The Labute approximate surface area is 184 Å². The number of fused-ring (bicyclic) bond motifs is 3. The Morgan fingerprint density at radius 3 is 2.52 bits per heavy atom. The van der Waals surface area contributed by atoms with Crippen molar-refractivity contribution in [2.45, 2.75) is 26.3 Å². The topological polar surface area (TPSA) is 68.6 Å². The first kappa shape index (κ1) is 19.5. The van der Waals surface area contributed by atoms with E-state index in [-0.39, 0.29) is 11.1 Å². The van der Waals surface area contributed by atoms with Gasteiger partial charge in [-0.05, 0) is 61.7 Å². The average Bonchev–Trinajstić information content (AvgIpc) is 3.10. The summed E-state index contributed by atoms with van der Waals surface area (Å²) in [6, 6.07) is 14.6. The fourth-order valence-electron chi connectivity index (χ4n) is 4.42. The van der Waals surface area contributed by atoms with Crippen LogP contribution in [-0.2, 0) is 6.42 Å². The van der Waals surface area contributed by atoms with Crippen molar-refractivity contribution in [2.24, 2.45) is 0 Å². The van der Waals surface area contributed by atoms with Crippen LogP contribution in [0.4, 0.5) is 10.3 Å². The fraction of sp³-hybridized carbons (Fsp3) is 0.208.